The number of aliphatic imine (C=N–C) groups is 1. The van der Waals surface area contributed by atoms with Crippen molar-refractivity contribution in [3.8, 4) is 5.75 Å². The highest BCUT2D eigenvalue weighted by atomic mass is 127. The van der Waals surface area contributed by atoms with E-state index in [0.717, 1.165) is 70.1 Å². The van der Waals surface area contributed by atoms with Crippen molar-refractivity contribution in [2.24, 2.45) is 10.7 Å². The Morgan fingerprint density at radius 3 is 2.57 bits per heavy atom. The molecule has 1 aromatic heterocycles. The minimum Gasteiger partial charge on any atom is -0.497 e. The Balaban J connectivity index is 0.00000320. The number of methoxy groups -OCH3 is 1. The SMILES string of the molecule is COc1ccc(N2CCN(CCCN=C(N)NCCc3ccccn3)CC2)cc1.I. The van der Waals surface area contributed by atoms with E-state index in [1.54, 1.807) is 7.11 Å². The molecule has 2 heterocycles. The van der Waals surface area contributed by atoms with Crippen molar-refractivity contribution in [2.45, 2.75) is 12.8 Å². The van der Waals surface area contributed by atoms with Crippen LogP contribution in [0.25, 0.3) is 0 Å². The van der Waals surface area contributed by atoms with Gasteiger partial charge in [-0.05, 0) is 42.8 Å². The molecule has 2 aromatic rings. The van der Waals surface area contributed by atoms with Crippen molar-refractivity contribution in [3.63, 3.8) is 0 Å². The van der Waals surface area contributed by atoms with Crippen molar-refractivity contribution in [3.05, 3.63) is 54.4 Å². The number of benzene rings is 1. The molecule has 3 rings (SSSR count). The first kappa shape index (κ1) is 24.2. The number of pyridine rings is 1. The number of guanidine groups is 1. The molecule has 8 heteroatoms. The fourth-order valence-corrected chi connectivity index (χ4v) is 3.44. The van der Waals surface area contributed by atoms with E-state index in [1.165, 1.54) is 5.69 Å². The summed E-state index contributed by atoms with van der Waals surface area (Å²) in [6, 6.07) is 14.2. The standard InChI is InChI=1S/C22H32N6O.HI/c1-29-21-8-6-20(7-9-21)28-17-15-27(16-18-28)14-4-12-25-22(23)26-13-10-19-5-2-3-11-24-19;/h2-3,5-9,11H,4,10,12-18H2,1H3,(H3,23,25,26);1H. The molecule has 0 atom stereocenters. The van der Waals surface area contributed by atoms with Gasteiger partial charge in [0.1, 0.15) is 5.75 Å². The molecule has 0 bridgehead atoms. The van der Waals surface area contributed by atoms with Gasteiger partial charge in [-0.2, -0.15) is 0 Å². The van der Waals surface area contributed by atoms with Gasteiger partial charge in [-0.3, -0.25) is 14.9 Å². The third-order valence-electron chi connectivity index (χ3n) is 5.14. The summed E-state index contributed by atoms with van der Waals surface area (Å²) in [4.78, 5) is 13.7. The molecular weight excluding hydrogens is 491 g/mol. The van der Waals surface area contributed by atoms with E-state index in [2.05, 4.69) is 37.2 Å². The van der Waals surface area contributed by atoms with Crippen molar-refractivity contribution in [2.75, 3.05) is 57.8 Å². The monoisotopic (exact) mass is 524 g/mol. The predicted octanol–water partition coefficient (Wildman–Crippen LogP) is 2.37. The Hall–Kier alpha value is -2.07. The fourth-order valence-electron chi connectivity index (χ4n) is 3.44. The van der Waals surface area contributed by atoms with E-state index in [1.807, 2.05) is 36.5 Å². The van der Waals surface area contributed by atoms with E-state index >= 15 is 0 Å². The molecule has 0 spiro atoms. The normalized spacial score (nSPS) is 14.8. The number of ether oxygens (including phenoxy) is 1. The van der Waals surface area contributed by atoms with E-state index in [4.69, 9.17) is 10.5 Å². The number of nitrogens with one attached hydrogen (secondary N) is 1. The van der Waals surface area contributed by atoms with Gasteiger partial charge < -0.3 is 20.7 Å². The molecule has 0 unspecified atom stereocenters. The molecule has 164 valence electrons. The van der Waals surface area contributed by atoms with Crippen LogP contribution < -0.4 is 20.7 Å². The maximum Gasteiger partial charge on any atom is 0.188 e. The zero-order chi connectivity index (χ0) is 20.3. The summed E-state index contributed by atoms with van der Waals surface area (Å²) >= 11 is 0. The van der Waals surface area contributed by atoms with Crippen LogP contribution in [0.5, 0.6) is 5.75 Å². The summed E-state index contributed by atoms with van der Waals surface area (Å²) in [6.07, 6.45) is 3.67. The van der Waals surface area contributed by atoms with Crippen LogP contribution in [0.15, 0.2) is 53.7 Å². The Labute approximate surface area is 196 Å². The number of piperazine rings is 1. The largest absolute Gasteiger partial charge is 0.497 e. The summed E-state index contributed by atoms with van der Waals surface area (Å²) in [7, 11) is 1.70. The topological polar surface area (TPSA) is 79.0 Å². The minimum absolute atomic E-state index is 0. The van der Waals surface area contributed by atoms with Crippen LogP contribution >= 0.6 is 24.0 Å². The summed E-state index contributed by atoms with van der Waals surface area (Å²) in [5.41, 5.74) is 8.27. The molecule has 1 aliphatic heterocycles. The van der Waals surface area contributed by atoms with Gasteiger partial charge in [0, 0.05) is 69.8 Å². The molecule has 3 N–H and O–H groups in total. The minimum atomic E-state index is 0. The molecule has 7 nitrogen and oxygen atoms in total. The second-order valence-electron chi connectivity index (χ2n) is 7.15. The highest BCUT2D eigenvalue weighted by molar-refractivity contribution is 14.0. The van der Waals surface area contributed by atoms with Crippen LogP contribution in [0, 0.1) is 0 Å². The quantitative estimate of drug-likeness (QED) is 0.227. The summed E-state index contributed by atoms with van der Waals surface area (Å²) in [6.45, 7) is 6.81. The van der Waals surface area contributed by atoms with Crippen LogP contribution in [-0.4, -0.2) is 68.8 Å². The molecular formula is C22H33IN6O. The van der Waals surface area contributed by atoms with E-state index in [-0.39, 0.29) is 24.0 Å². The first-order valence-electron chi connectivity index (χ1n) is 10.3. The number of rotatable bonds is 9. The number of nitrogens with zero attached hydrogens (tertiary/aromatic N) is 4. The first-order valence-corrected chi connectivity index (χ1v) is 10.3. The van der Waals surface area contributed by atoms with Gasteiger partial charge in [-0.15, -0.1) is 24.0 Å². The maximum atomic E-state index is 5.95. The Kier molecular flexibility index (Phi) is 10.7. The van der Waals surface area contributed by atoms with Crippen molar-refractivity contribution < 1.29 is 4.74 Å². The van der Waals surface area contributed by atoms with Crippen molar-refractivity contribution >= 4 is 35.6 Å². The molecule has 0 aliphatic carbocycles. The summed E-state index contributed by atoms with van der Waals surface area (Å²) < 4.78 is 5.23. The van der Waals surface area contributed by atoms with Gasteiger partial charge in [0.2, 0.25) is 0 Å². The average molecular weight is 524 g/mol. The number of hydrogen-bond donors (Lipinski definition) is 2. The molecule has 1 aliphatic rings. The fraction of sp³-hybridized carbons (Fsp3) is 0.455. The Morgan fingerprint density at radius 1 is 1.13 bits per heavy atom. The second kappa shape index (κ2) is 13.3. The van der Waals surface area contributed by atoms with Crippen molar-refractivity contribution in [1.29, 1.82) is 0 Å². The third kappa shape index (κ3) is 7.98. The van der Waals surface area contributed by atoms with Crippen LogP contribution in [0.4, 0.5) is 5.69 Å². The lowest BCUT2D eigenvalue weighted by Crippen LogP contribution is -2.46. The number of aromatic nitrogens is 1. The third-order valence-corrected chi connectivity index (χ3v) is 5.14. The van der Waals surface area contributed by atoms with Gasteiger partial charge in [0.05, 0.1) is 7.11 Å². The van der Waals surface area contributed by atoms with Crippen LogP contribution in [0.2, 0.25) is 0 Å². The lowest BCUT2D eigenvalue weighted by atomic mass is 10.2. The van der Waals surface area contributed by atoms with Crippen LogP contribution in [0.1, 0.15) is 12.1 Å². The molecule has 1 saturated heterocycles. The average Bonchev–Trinajstić information content (AvgIpc) is 2.78. The Morgan fingerprint density at radius 2 is 1.90 bits per heavy atom. The van der Waals surface area contributed by atoms with Crippen LogP contribution in [0.3, 0.4) is 0 Å². The van der Waals surface area contributed by atoms with Crippen LogP contribution in [-0.2, 0) is 6.42 Å². The molecule has 1 aromatic carbocycles. The first-order chi connectivity index (χ1) is 14.2. The van der Waals surface area contributed by atoms with Gasteiger partial charge >= 0.3 is 0 Å². The molecule has 30 heavy (non-hydrogen) atoms. The van der Waals surface area contributed by atoms with Gasteiger partial charge in [0.15, 0.2) is 5.96 Å². The van der Waals surface area contributed by atoms with Gasteiger partial charge in [-0.25, -0.2) is 0 Å². The van der Waals surface area contributed by atoms with E-state index < -0.39 is 0 Å². The zero-order valence-corrected chi connectivity index (χ0v) is 20.0. The number of nitrogens with two attached hydrogens (primary N) is 1. The summed E-state index contributed by atoms with van der Waals surface area (Å²) in [5.74, 6) is 1.42. The molecule has 0 amide bonds. The smallest absolute Gasteiger partial charge is 0.188 e. The summed E-state index contributed by atoms with van der Waals surface area (Å²) in [5, 5.41) is 3.16. The molecule has 0 saturated carbocycles. The maximum absolute atomic E-state index is 5.95. The highest BCUT2D eigenvalue weighted by Crippen LogP contribution is 2.20. The lowest BCUT2D eigenvalue weighted by molar-refractivity contribution is 0.256. The van der Waals surface area contributed by atoms with E-state index in [0.29, 0.717) is 5.96 Å². The van der Waals surface area contributed by atoms with E-state index in [9.17, 15) is 0 Å². The number of hydrogen-bond acceptors (Lipinski definition) is 5. The lowest BCUT2D eigenvalue weighted by Gasteiger charge is -2.36. The number of halogens is 1. The molecule has 0 radical (unpaired) electrons. The predicted molar refractivity (Wildman–Crippen MR) is 134 cm³/mol. The van der Waals surface area contributed by atoms with Gasteiger partial charge in [0.25, 0.3) is 0 Å². The number of anilines is 1. The highest BCUT2D eigenvalue weighted by Gasteiger charge is 2.16. The van der Waals surface area contributed by atoms with Gasteiger partial charge in [-0.1, -0.05) is 6.07 Å². The molecule has 1 fully saturated rings. The zero-order valence-electron chi connectivity index (χ0n) is 17.7. The Bertz CT molecular complexity index is 748. The second-order valence-corrected chi connectivity index (χ2v) is 7.15. The van der Waals surface area contributed by atoms with Crippen molar-refractivity contribution in [1.82, 2.24) is 15.2 Å².